The molecule has 0 unspecified atom stereocenters. The van der Waals surface area contributed by atoms with Gasteiger partial charge in [-0.1, -0.05) is 37.1 Å². The number of carbonyl (C=O) groups is 2. The van der Waals surface area contributed by atoms with Crippen molar-refractivity contribution in [3.05, 3.63) is 35.4 Å². The Bertz CT molecular complexity index is 465. The molecule has 0 radical (unpaired) electrons. The van der Waals surface area contributed by atoms with Crippen LogP contribution in [0.25, 0.3) is 0 Å². The minimum atomic E-state index is -0.832. The normalized spacial score (nSPS) is 23.6. The highest BCUT2D eigenvalue weighted by Crippen LogP contribution is 2.33. The van der Waals surface area contributed by atoms with E-state index in [0.717, 1.165) is 18.4 Å². The van der Waals surface area contributed by atoms with Gasteiger partial charge in [-0.3, -0.25) is 9.59 Å². The number of carbonyl (C=O) groups excluding carboxylic acids is 1. The van der Waals surface area contributed by atoms with E-state index in [-0.39, 0.29) is 11.7 Å². The summed E-state index contributed by atoms with van der Waals surface area (Å²) in [7, 11) is 0. The number of carboxylic acids is 1. The lowest BCUT2D eigenvalue weighted by molar-refractivity contribution is -0.144. The number of ketones is 1. The second kappa shape index (κ2) is 5.34. The zero-order valence-electron chi connectivity index (χ0n) is 10.6. The molecule has 0 saturated heterocycles. The predicted molar refractivity (Wildman–Crippen MR) is 68.6 cm³/mol. The monoisotopic (exact) mass is 246 g/mol. The molecule has 1 saturated carbocycles. The van der Waals surface area contributed by atoms with Crippen LogP contribution in [0.1, 0.15) is 41.6 Å². The number of hydrogen-bond donors (Lipinski definition) is 1. The highest BCUT2D eigenvalue weighted by molar-refractivity contribution is 6.01. The summed E-state index contributed by atoms with van der Waals surface area (Å²) in [5.41, 5.74) is 1.60. The summed E-state index contributed by atoms with van der Waals surface area (Å²) >= 11 is 0. The third kappa shape index (κ3) is 2.45. The van der Waals surface area contributed by atoms with E-state index >= 15 is 0 Å². The molecule has 0 amide bonds. The van der Waals surface area contributed by atoms with E-state index in [1.54, 1.807) is 6.07 Å². The van der Waals surface area contributed by atoms with Gasteiger partial charge in [-0.2, -0.15) is 0 Å². The highest BCUT2D eigenvalue weighted by atomic mass is 16.4. The fourth-order valence-electron chi connectivity index (χ4n) is 2.79. The summed E-state index contributed by atoms with van der Waals surface area (Å²) in [6.45, 7) is 1.89. The van der Waals surface area contributed by atoms with Gasteiger partial charge >= 0.3 is 5.97 Å². The smallest absolute Gasteiger partial charge is 0.307 e. The minimum absolute atomic E-state index is 0.000185. The van der Waals surface area contributed by atoms with E-state index in [4.69, 9.17) is 0 Å². The fourth-order valence-corrected chi connectivity index (χ4v) is 2.79. The van der Waals surface area contributed by atoms with Crippen LogP contribution < -0.4 is 0 Å². The lowest BCUT2D eigenvalue weighted by atomic mass is 9.75. The average molecular weight is 246 g/mol. The van der Waals surface area contributed by atoms with Crippen LogP contribution in [0.15, 0.2) is 24.3 Å². The third-order valence-electron chi connectivity index (χ3n) is 3.83. The van der Waals surface area contributed by atoms with Crippen molar-refractivity contribution in [2.75, 3.05) is 0 Å². The van der Waals surface area contributed by atoms with Gasteiger partial charge in [0, 0.05) is 11.5 Å². The topological polar surface area (TPSA) is 54.4 Å². The van der Waals surface area contributed by atoms with E-state index < -0.39 is 11.9 Å². The first-order valence-electron chi connectivity index (χ1n) is 6.44. The van der Waals surface area contributed by atoms with Crippen LogP contribution >= 0.6 is 0 Å². The summed E-state index contributed by atoms with van der Waals surface area (Å²) < 4.78 is 0. The molecule has 0 heterocycles. The van der Waals surface area contributed by atoms with E-state index in [2.05, 4.69) is 0 Å². The van der Waals surface area contributed by atoms with Crippen LogP contribution in [0, 0.1) is 18.8 Å². The molecule has 0 bridgehead atoms. The molecule has 0 aromatic heterocycles. The van der Waals surface area contributed by atoms with Gasteiger partial charge in [0.15, 0.2) is 5.78 Å². The first-order valence-corrected chi connectivity index (χ1v) is 6.44. The number of aliphatic carboxylic acids is 1. The van der Waals surface area contributed by atoms with Crippen LogP contribution in [0.3, 0.4) is 0 Å². The minimum Gasteiger partial charge on any atom is -0.481 e. The van der Waals surface area contributed by atoms with Crippen LogP contribution in [-0.4, -0.2) is 16.9 Å². The Morgan fingerprint density at radius 1 is 1.11 bits per heavy atom. The summed E-state index contributed by atoms with van der Waals surface area (Å²) in [5, 5.41) is 9.22. The van der Waals surface area contributed by atoms with Gasteiger partial charge < -0.3 is 5.11 Å². The Morgan fingerprint density at radius 3 is 2.33 bits per heavy atom. The number of benzene rings is 1. The quantitative estimate of drug-likeness (QED) is 0.834. The fraction of sp³-hybridized carbons (Fsp3) is 0.467. The van der Waals surface area contributed by atoms with Gasteiger partial charge in [0.05, 0.1) is 5.92 Å². The molecule has 1 N–H and O–H groups in total. The van der Waals surface area contributed by atoms with Crippen LogP contribution in [0.2, 0.25) is 0 Å². The zero-order valence-corrected chi connectivity index (χ0v) is 10.6. The molecule has 1 aromatic carbocycles. The van der Waals surface area contributed by atoms with Gasteiger partial charge in [0.1, 0.15) is 0 Å². The maximum Gasteiger partial charge on any atom is 0.307 e. The average Bonchev–Trinajstić information content (AvgIpc) is 2.38. The molecule has 96 valence electrons. The Morgan fingerprint density at radius 2 is 1.72 bits per heavy atom. The van der Waals surface area contributed by atoms with Crippen LogP contribution in [0.4, 0.5) is 0 Å². The van der Waals surface area contributed by atoms with E-state index in [0.29, 0.717) is 18.4 Å². The van der Waals surface area contributed by atoms with Crippen molar-refractivity contribution in [1.82, 2.24) is 0 Å². The van der Waals surface area contributed by atoms with Crippen molar-refractivity contribution >= 4 is 11.8 Å². The largest absolute Gasteiger partial charge is 0.481 e. The maximum absolute atomic E-state index is 12.5. The van der Waals surface area contributed by atoms with Gasteiger partial charge in [-0.15, -0.1) is 0 Å². The first kappa shape index (κ1) is 12.8. The molecule has 1 aliphatic carbocycles. The molecule has 1 aliphatic rings. The first-order chi connectivity index (χ1) is 8.61. The molecule has 1 fully saturated rings. The second-order valence-corrected chi connectivity index (χ2v) is 5.01. The molecule has 2 rings (SSSR count). The van der Waals surface area contributed by atoms with Crippen molar-refractivity contribution in [3.63, 3.8) is 0 Å². The molecule has 3 heteroatoms. The molecular weight excluding hydrogens is 228 g/mol. The molecule has 3 nitrogen and oxygen atoms in total. The van der Waals surface area contributed by atoms with Crippen molar-refractivity contribution in [1.29, 1.82) is 0 Å². The molecule has 1 aromatic rings. The number of Topliss-reactive ketones (excluding diaryl/α,β-unsaturated/α-hetero) is 1. The van der Waals surface area contributed by atoms with Crippen LogP contribution in [0.5, 0.6) is 0 Å². The predicted octanol–water partition coefficient (Wildman–Crippen LogP) is 3.07. The molecule has 18 heavy (non-hydrogen) atoms. The Labute approximate surface area is 107 Å². The lowest BCUT2D eigenvalue weighted by Gasteiger charge is -2.27. The highest BCUT2D eigenvalue weighted by Gasteiger charge is 2.36. The van der Waals surface area contributed by atoms with Crippen molar-refractivity contribution in [2.24, 2.45) is 11.8 Å². The Kier molecular flexibility index (Phi) is 3.80. The lowest BCUT2D eigenvalue weighted by Crippen LogP contribution is -2.33. The summed E-state index contributed by atoms with van der Waals surface area (Å²) in [6.07, 6.45) is 3.18. The third-order valence-corrected chi connectivity index (χ3v) is 3.83. The number of aryl methyl sites for hydroxylation is 1. The summed E-state index contributed by atoms with van der Waals surface area (Å²) in [6, 6.07) is 7.41. The van der Waals surface area contributed by atoms with Gasteiger partial charge in [-0.25, -0.2) is 0 Å². The maximum atomic E-state index is 12.5. The van der Waals surface area contributed by atoms with Gasteiger partial charge in [-0.05, 0) is 25.3 Å². The van der Waals surface area contributed by atoms with E-state index in [1.165, 1.54) is 0 Å². The molecule has 0 spiro atoms. The second-order valence-electron chi connectivity index (χ2n) is 5.01. The number of carboxylic acid groups (broad SMARTS) is 1. The molecular formula is C15H18O3. The standard InChI is InChI=1S/C15H18O3/c1-10-6-2-3-7-11(10)14(16)12-8-4-5-9-13(12)15(17)18/h2-3,6-7,12-13H,4-5,8-9H2,1H3,(H,17,18)/t12-,13+/m1/s1. The number of rotatable bonds is 3. The van der Waals surface area contributed by atoms with Crippen molar-refractivity contribution in [3.8, 4) is 0 Å². The van der Waals surface area contributed by atoms with Crippen LogP contribution in [-0.2, 0) is 4.79 Å². The summed E-state index contributed by atoms with van der Waals surface area (Å²) in [4.78, 5) is 23.7. The van der Waals surface area contributed by atoms with Gasteiger partial charge in [0.2, 0.25) is 0 Å². The molecule has 0 aliphatic heterocycles. The van der Waals surface area contributed by atoms with Gasteiger partial charge in [0.25, 0.3) is 0 Å². The SMILES string of the molecule is Cc1ccccc1C(=O)[C@@H]1CCCC[C@@H]1C(=O)O. The van der Waals surface area contributed by atoms with Crippen molar-refractivity contribution in [2.45, 2.75) is 32.6 Å². The Hall–Kier alpha value is -1.64. The van der Waals surface area contributed by atoms with E-state index in [9.17, 15) is 14.7 Å². The van der Waals surface area contributed by atoms with E-state index in [1.807, 2.05) is 25.1 Å². The van der Waals surface area contributed by atoms with Crippen molar-refractivity contribution < 1.29 is 14.7 Å². The molecule has 2 atom stereocenters. The summed E-state index contributed by atoms with van der Waals surface area (Å²) in [5.74, 6) is -1.69. The zero-order chi connectivity index (χ0) is 13.1. The number of hydrogen-bond acceptors (Lipinski definition) is 2. The Balaban J connectivity index is 2.27.